The molecule has 98 valence electrons. The van der Waals surface area contributed by atoms with Crippen molar-refractivity contribution >= 4 is 5.91 Å². The standard InChI is InChI=1S/C13H24N2O2/c1-7-9-15(10-8-2)11-12(16)14(6)17-13(3,4)5/h7-8H,1-2,9-11H2,3-6H3. The predicted molar refractivity (Wildman–Crippen MR) is 70.4 cm³/mol. The van der Waals surface area contributed by atoms with Gasteiger partial charge in [-0.2, -0.15) is 0 Å². The molecular weight excluding hydrogens is 216 g/mol. The van der Waals surface area contributed by atoms with Crippen LogP contribution in [0.15, 0.2) is 25.3 Å². The van der Waals surface area contributed by atoms with E-state index in [1.54, 1.807) is 19.2 Å². The second kappa shape index (κ2) is 7.25. The van der Waals surface area contributed by atoms with Crippen LogP contribution in [0.2, 0.25) is 0 Å². The molecule has 0 saturated carbocycles. The Hall–Kier alpha value is -1.13. The molecule has 0 rings (SSSR count). The average molecular weight is 240 g/mol. The monoisotopic (exact) mass is 240 g/mol. The number of hydrogen-bond donors (Lipinski definition) is 0. The van der Waals surface area contributed by atoms with E-state index in [0.717, 1.165) is 0 Å². The number of rotatable bonds is 7. The highest BCUT2D eigenvalue weighted by Gasteiger charge is 2.19. The summed E-state index contributed by atoms with van der Waals surface area (Å²) in [6.07, 6.45) is 3.53. The molecule has 0 radical (unpaired) electrons. The number of carbonyl (C=O) groups excluding carboxylic acids is 1. The van der Waals surface area contributed by atoms with Gasteiger partial charge in [0.05, 0.1) is 12.1 Å². The van der Waals surface area contributed by atoms with Crippen LogP contribution < -0.4 is 0 Å². The summed E-state index contributed by atoms with van der Waals surface area (Å²) in [4.78, 5) is 19.3. The molecule has 0 aliphatic carbocycles. The number of carbonyl (C=O) groups is 1. The fraction of sp³-hybridized carbons (Fsp3) is 0.615. The molecule has 0 aliphatic heterocycles. The summed E-state index contributed by atoms with van der Waals surface area (Å²) in [7, 11) is 1.63. The molecule has 0 aromatic rings. The molecule has 1 amide bonds. The Kier molecular flexibility index (Phi) is 6.76. The van der Waals surface area contributed by atoms with E-state index in [-0.39, 0.29) is 11.5 Å². The lowest BCUT2D eigenvalue weighted by atomic mass is 10.2. The van der Waals surface area contributed by atoms with Crippen molar-refractivity contribution in [1.82, 2.24) is 9.96 Å². The van der Waals surface area contributed by atoms with E-state index in [1.165, 1.54) is 5.06 Å². The summed E-state index contributed by atoms with van der Waals surface area (Å²) >= 11 is 0. The van der Waals surface area contributed by atoms with Gasteiger partial charge >= 0.3 is 0 Å². The van der Waals surface area contributed by atoms with Gasteiger partial charge in [-0.25, -0.2) is 5.06 Å². The summed E-state index contributed by atoms with van der Waals surface area (Å²) in [6, 6.07) is 0. The fourth-order valence-electron chi connectivity index (χ4n) is 1.32. The van der Waals surface area contributed by atoms with Crippen LogP contribution in [0.3, 0.4) is 0 Å². The molecule has 0 heterocycles. The molecule has 0 unspecified atom stereocenters. The van der Waals surface area contributed by atoms with Gasteiger partial charge in [-0.1, -0.05) is 12.2 Å². The largest absolute Gasteiger partial charge is 0.287 e. The van der Waals surface area contributed by atoms with Crippen LogP contribution in [0, 0.1) is 0 Å². The van der Waals surface area contributed by atoms with Gasteiger partial charge < -0.3 is 0 Å². The average Bonchev–Trinajstić information content (AvgIpc) is 2.15. The molecule has 0 spiro atoms. The third kappa shape index (κ3) is 7.71. The van der Waals surface area contributed by atoms with Crippen LogP contribution in [0.5, 0.6) is 0 Å². The number of hydroxylamine groups is 2. The first-order valence-corrected chi connectivity index (χ1v) is 5.70. The van der Waals surface area contributed by atoms with Crippen molar-refractivity contribution in [2.45, 2.75) is 26.4 Å². The molecule has 0 aromatic heterocycles. The van der Waals surface area contributed by atoms with Crippen LogP contribution >= 0.6 is 0 Å². The number of likely N-dealkylation sites (N-methyl/N-ethyl adjacent to an activating group) is 1. The van der Waals surface area contributed by atoms with E-state index < -0.39 is 0 Å². The SMILES string of the molecule is C=CCN(CC=C)CC(=O)N(C)OC(C)(C)C. The first-order valence-electron chi connectivity index (χ1n) is 5.70. The second-order valence-electron chi connectivity index (χ2n) is 4.87. The van der Waals surface area contributed by atoms with Gasteiger partial charge in [-0.15, -0.1) is 13.2 Å². The Labute approximate surface area is 104 Å². The van der Waals surface area contributed by atoms with E-state index in [4.69, 9.17) is 4.84 Å². The van der Waals surface area contributed by atoms with E-state index in [9.17, 15) is 4.79 Å². The highest BCUT2D eigenvalue weighted by molar-refractivity contribution is 5.77. The summed E-state index contributed by atoms with van der Waals surface area (Å²) < 4.78 is 0. The Morgan fingerprint density at radius 1 is 1.24 bits per heavy atom. The number of hydrogen-bond acceptors (Lipinski definition) is 3. The Morgan fingerprint density at radius 3 is 2.06 bits per heavy atom. The minimum Gasteiger partial charge on any atom is -0.287 e. The lowest BCUT2D eigenvalue weighted by Gasteiger charge is -2.28. The molecule has 0 saturated heterocycles. The van der Waals surface area contributed by atoms with Gasteiger partial charge in [0.2, 0.25) is 0 Å². The zero-order valence-electron chi connectivity index (χ0n) is 11.4. The van der Waals surface area contributed by atoms with Gasteiger partial charge in [0.25, 0.3) is 5.91 Å². The number of nitrogens with zero attached hydrogens (tertiary/aromatic N) is 2. The molecule has 0 fully saturated rings. The van der Waals surface area contributed by atoms with E-state index in [0.29, 0.717) is 19.6 Å². The molecule has 0 bridgehead atoms. The van der Waals surface area contributed by atoms with Crippen LogP contribution in [0.25, 0.3) is 0 Å². The zero-order valence-corrected chi connectivity index (χ0v) is 11.4. The summed E-state index contributed by atoms with van der Waals surface area (Å²) in [5.74, 6) is -0.0800. The molecule has 0 N–H and O–H groups in total. The Morgan fingerprint density at radius 2 is 1.71 bits per heavy atom. The maximum atomic E-state index is 11.9. The van der Waals surface area contributed by atoms with Gasteiger partial charge in [-0.3, -0.25) is 14.5 Å². The summed E-state index contributed by atoms with van der Waals surface area (Å²) in [5, 5.41) is 1.29. The maximum absolute atomic E-state index is 11.9. The zero-order chi connectivity index (χ0) is 13.5. The summed E-state index contributed by atoms with van der Waals surface area (Å²) in [6.45, 7) is 14.6. The normalized spacial score (nSPS) is 11.4. The minimum atomic E-state index is -0.369. The van der Waals surface area contributed by atoms with Crippen molar-refractivity contribution in [3.05, 3.63) is 25.3 Å². The van der Waals surface area contributed by atoms with Crippen LogP contribution in [0.4, 0.5) is 0 Å². The molecule has 0 atom stereocenters. The van der Waals surface area contributed by atoms with Crippen LogP contribution in [-0.2, 0) is 9.63 Å². The third-order valence-corrected chi connectivity index (χ3v) is 1.90. The molecular formula is C13H24N2O2. The lowest BCUT2D eigenvalue weighted by Crippen LogP contribution is -2.42. The van der Waals surface area contributed by atoms with Crippen molar-refractivity contribution in [3.63, 3.8) is 0 Å². The summed E-state index contributed by atoms with van der Waals surface area (Å²) in [5.41, 5.74) is -0.369. The second-order valence-corrected chi connectivity index (χ2v) is 4.87. The van der Waals surface area contributed by atoms with E-state index in [2.05, 4.69) is 13.2 Å². The van der Waals surface area contributed by atoms with Crippen molar-refractivity contribution in [2.75, 3.05) is 26.7 Å². The molecule has 0 aromatic carbocycles. The Balaban J connectivity index is 4.29. The Bertz CT molecular complexity index is 259. The van der Waals surface area contributed by atoms with Crippen molar-refractivity contribution in [3.8, 4) is 0 Å². The first kappa shape index (κ1) is 15.9. The third-order valence-electron chi connectivity index (χ3n) is 1.90. The van der Waals surface area contributed by atoms with Crippen molar-refractivity contribution < 1.29 is 9.63 Å². The number of amides is 1. The van der Waals surface area contributed by atoms with Gasteiger partial charge in [0.1, 0.15) is 0 Å². The highest BCUT2D eigenvalue weighted by Crippen LogP contribution is 2.09. The quantitative estimate of drug-likeness (QED) is 0.503. The molecule has 4 nitrogen and oxygen atoms in total. The smallest absolute Gasteiger partial charge is 0.260 e. The van der Waals surface area contributed by atoms with Crippen LogP contribution in [-0.4, -0.2) is 48.2 Å². The maximum Gasteiger partial charge on any atom is 0.260 e. The molecule has 17 heavy (non-hydrogen) atoms. The lowest BCUT2D eigenvalue weighted by molar-refractivity contribution is -0.217. The highest BCUT2D eigenvalue weighted by atomic mass is 16.7. The van der Waals surface area contributed by atoms with Crippen molar-refractivity contribution in [1.29, 1.82) is 0 Å². The topological polar surface area (TPSA) is 32.8 Å². The van der Waals surface area contributed by atoms with E-state index >= 15 is 0 Å². The predicted octanol–water partition coefficient (Wildman–Crippen LogP) is 1.85. The van der Waals surface area contributed by atoms with Gasteiger partial charge in [0.15, 0.2) is 0 Å². The van der Waals surface area contributed by atoms with E-state index in [1.807, 2.05) is 25.7 Å². The van der Waals surface area contributed by atoms with Gasteiger partial charge in [-0.05, 0) is 20.8 Å². The van der Waals surface area contributed by atoms with Crippen LogP contribution in [0.1, 0.15) is 20.8 Å². The molecule has 4 heteroatoms. The molecule has 0 aliphatic rings. The minimum absolute atomic E-state index is 0.0800. The first-order chi connectivity index (χ1) is 7.80. The van der Waals surface area contributed by atoms with Gasteiger partial charge in [0, 0.05) is 20.1 Å². The van der Waals surface area contributed by atoms with Crippen molar-refractivity contribution in [2.24, 2.45) is 0 Å². The fourth-order valence-corrected chi connectivity index (χ4v) is 1.32.